The topological polar surface area (TPSA) is 88.7 Å². The molecule has 0 saturated carbocycles. The maximum atomic E-state index is 13.2. The van der Waals surface area contributed by atoms with Crippen molar-refractivity contribution < 1.29 is 22.7 Å². The lowest BCUT2D eigenvalue weighted by Crippen LogP contribution is -2.41. The number of hydrogen-bond donors (Lipinski definition) is 1. The molecule has 0 unspecified atom stereocenters. The van der Waals surface area contributed by atoms with E-state index in [1.807, 2.05) is 26.8 Å². The Morgan fingerprint density at radius 3 is 2.79 bits per heavy atom. The Hall–Kier alpha value is -2.22. The molecule has 2 aliphatic rings. The Labute approximate surface area is 164 Å². The molecule has 152 valence electrons. The highest BCUT2D eigenvalue weighted by Crippen LogP contribution is 2.41. The fourth-order valence-electron chi connectivity index (χ4n) is 4.26. The van der Waals surface area contributed by atoms with Crippen LogP contribution in [0.25, 0.3) is 10.9 Å². The number of carbonyl (C=O) groups is 1. The first-order valence-electron chi connectivity index (χ1n) is 9.82. The molecule has 1 amide bonds. The lowest BCUT2D eigenvalue weighted by molar-refractivity contribution is 0.0703. The van der Waals surface area contributed by atoms with Crippen molar-refractivity contribution >= 4 is 26.6 Å². The molecule has 28 heavy (non-hydrogen) atoms. The van der Waals surface area contributed by atoms with Gasteiger partial charge in [-0.15, -0.1) is 0 Å². The maximum Gasteiger partial charge on any atom is 0.270 e. The number of H-pyrrole nitrogens is 1. The van der Waals surface area contributed by atoms with Gasteiger partial charge in [-0.2, -0.15) is 0 Å². The van der Waals surface area contributed by atoms with E-state index in [0.717, 1.165) is 34.4 Å². The number of sulfone groups is 1. The van der Waals surface area contributed by atoms with Crippen molar-refractivity contribution in [1.82, 2.24) is 9.88 Å². The van der Waals surface area contributed by atoms with Gasteiger partial charge in [-0.25, -0.2) is 8.42 Å². The molecule has 0 bridgehead atoms. The van der Waals surface area contributed by atoms with Gasteiger partial charge in [-0.1, -0.05) is 0 Å². The van der Waals surface area contributed by atoms with E-state index in [-0.39, 0.29) is 29.6 Å². The predicted molar refractivity (Wildman–Crippen MR) is 107 cm³/mol. The lowest BCUT2D eigenvalue weighted by Gasteiger charge is -2.26. The van der Waals surface area contributed by atoms with Gasteiger partial charge in [0.05, 0.1) is 23.6 Å². The second-order valence-corrected chi connectivity index (χ2v) is 9.78. The summed E-state index contributed by atoms with van der Waals surface area (Å²) in [5.74, 6) is 1.49. The van der Waals surface area contributed by atoms with Crippen LogP contribution in [0, 0.1) is 0 Å². The number of nitrogens with zero attached hydrogens (tertiary/aromatic N) is 1. The van der Waals surface area contributed by atoms with Crippen molar-refractivity contribution in [2.24, 2.45) is 0 Å². The third-order valence-corrected chi connectivity index (χ3v) is 7.26. The highest BCUT2D eigenvalue weighted by molar-refractivity contribution is 7.91. The number of rotatable bonds is 5. The van der Waals surface area contributed by atoms with Crippen molar-refractivity contribution in [1.29, 1.82) is 0 Å². The van der Waals surface area contributed by atoms with Gasteiger partial charge >= 0.3 is 0 Å². The summed E-state index contributed by atoms with van der Waals surface area (Å²) in [6, 6.07) is 3.51. The van der Waals surface area contributed by atoms with Crippen molar-refractivity contribution in [3.05, 3.63) is 23.4 Å². The standard InChI is InChI=1S/C20H26N2O5S/c1-4-22(14-6-7-28(24,25)11-14)20(23)16-10-15-17(26-5-2)9-13-8-12(3)27-19(13)18(15)21-16/h9-10,12,14,21H,4-8,11H2,1-3H3/t12-,14+/m1/s1. The number of aromatic nitrogens is 1. The summed E-state index contributed by atoms with van der Waals surface area (Å²) in [7, 11) is -3.06. The molecule has 8 heteroatoms. The number of fused-ring (bicyclic) bond motifs is 3. The van der Waals surface area contributed by atoms with Crippen LogP contribution in [0.5, 0.6) is 11.5 Å². The quantitative estimate of drug-likeness (QED) is 0.824. The van der Waals surface area contributed by atoms with Crippen molar-refractivity contribution in [3.63, 3.8) is 0 Å². The summed E-state index contributed by atoms with van der Waals surface area (Å²) in [5.41, 5.74) is 2.26. The first kappa shape index (κ1) is 19.1. The number of aromatic amines is 1. The number of benzene rings is 1. The third-order valence-electron chi connectivity index (χ3n) is 5.51. The normalized spacial score (nSPS) is 22.8. The van der Waals surface area contributed by atoms with Crippen LogP contribution in [0.3, 0.4) is 0 Å². The minimum Gasteiger partial charge on any atom is -0.493 e. The molecule has 1 saturated heterocycles. The molecule has 2 aromatic rings. The predicted octanol–water partition coefficient (Wildman–Crippen LogP) is 2.54. The number of ether oxygens (including phenoxy) is 2. The first-order valence-corrected chi connectivity index (χ1v) is 11.6. The lowest BCUT2D eigenvalue weighted by atomic mass is 10.1. The Morgan fingerprint density at radius 2 is 2.14 bits per heavy atom. The second-order valence-electron chi connectivity index (χ2n) is 7.55. The molecule has 0 aliphatic carbocycles. The van der Waals surface area contributed by atoms with E-state index < -0.39 is 9.84 Å². The summed E-state index contributed by atoms with van der Waals surface area (Å²) in [5, 5.41) is 0.813. The van der Waals surface area contributed by atoms with Crippen molar-refractivity contribution in [2.75, 3.05) is 24.7 Å². The van der Waals surface area contributed by atoms with Gasteiger partial charge in [0.15, 0.2) is 9.84 Å². The van der Waals surface area contributed by atoms with Crippen LogP contribution in [-0.2, 0) is 16.3 Å². The first-order chi connectivity index (χ1) is 13.3. The van der Waals surface area contributed by atoms with Crippen LogP contribution in [0.15, 0.2) is 12.1 Å². The van der Waals surface area contributed by atoms with Gasteiger partial charge in [-0.3, -0.25) is 4.79 Å². The highest BCUT2D eigenvalue weighted by Gasteiger charge is 2.35. The molecule has 3 heterocycles. The van der Waals surface area contributed by atoms with Gasteiger partial charge in [-0.05, 0) is 39.3 Å². The van der Waals surface area contributed by atoms with E-state index in [2.05, 4.69) is 4.98 Å². The van der Waals surface area contributed by atoms with Crippen LogP contribution >= 0.6 is 0 Å². The zero-order valence-electron chi connectivity index (χ0n) is 16.4. The summed E-state index contributed by atoms with van der Waals surface area (Å²) >= 11 is 0. The molecular formula is C20H26N2O5S. The van der Waals surface area contributed by atoms with Crippen molar-refractivity contribution in [3.8, 4) is 11.5 Å². The van der Waals surface area contributed by atoms with Gasteiger partial charge in [0.1, 0.15) is 23.3 Å². The van der Waals surface area contributed by atoms with Crippen LogP contribution in [0.4, 0.5) is 0 Å². The molecule has 1 aromatic carbocycles. The van der Waals surface area contributed by atoms with Gasteiger partial charge in [0, 0.05) is 30.0 Å². The smallest absolute Gasteiger partial charge is 0.270 e. The summed E-state index contributed by atoms with van der Waals surface area (Å²) in [6.45, 7) is 6.80. The number of hydrogen-bond acceptors (Lipinski definition) is 5. The van der Waals surface area contributed by atoms with E-state index in [1.165, 1.54) is 0 Å². The fourth-order valence-corrected chi connectivity index (χ4v) is 5.99. The van der Waals surface area contributed by atoms with Crippen LogP contribution in [0.1, 0.15) is 43.2 Å². The Morgan fingerprint density at radius 1 is 1.36 bits per heavy atom. The average Bonchev–Trinajstić information content (AvgIpc) is 3.32. The molecule has 0 spiro atoms. The third kappa shape index (κ3) is 3.23. The van der Waals surface area contributed by atoms with E-state index >= 15 is 0 Å². The van der Waals surface area contributed by atoms with E-state index in [9.17, 15) is 13.2 Å². The molecule has 1 N–H and O–H groups in total. The zero-order valence-corrected chi connectivity index (χ0v) is 17.3. The molecule has 2 aliphatic heterocycles. The Bertz CT molecular complexity index is 1030. The zero-order chi connectivity index (χ0) is 20.1. The minimum atomic E-state index is -3.06. The summed E-state index contributed by atoms with van der Waals surface area (Å²) in [4.78, 5) is 18.1. The molecule has 1 aromatic heterocycles. The highest BCUT2D eigenvalue weighted by atomic mass is 32.2. The summed E-state index contributed by atoms with van der Waals surface area (Å²) < 4.78 is 35.5. The molecule has 2 atom stereocenters. The Balaban J connectivity index is 1.74. The second kappa shape index (κ2) is 6.99. The fraction of sp³-hybridized carbons (Fsp3) is 0.550. The van der Waals surface area contributed by atoms with Gasteiger partial charge in [0.25, 0.3) is 5.91 Å². The SMILES string of the molecule is CCOc1cc2c(c3[nH]c(C(=O)N(CC)[C@H]4CCS(=O)(=O)C4)cc13)O[C@H](C)C2. The molecule has 7 nitrogen and oxygen atoms in total. The molecule has 4 rings (SSSR count). The van der Waals surface area contributed by atoms with E-state index in [4.69, 9.17) is 9.47 Å². The van der Waals surface area contributed by atoms with E-state index in [0.29, 0.717) is 25.3 Å². The maximum absolute atomic E-state index is 13.2. The molecule has 0 radical (unpaired) electrons. The molecular weight excluding hydrogens is 380 g/mol. The average molecular weight is 407 g/mol. The summed E-state index contributed by atoms with van der Waals surface area (Å²) in [6.07, 6.45) is 1.37. The number of amides is 1. The van der Waals surface area contributed by atoms with Crippen molar-refractivity contribution in [2.45, 2.75) is 45.8 Å². The van der Waals surface area contributed by atoms with Crippen LogP contribution < -0.4 is 9.47 Å². The number of carbonyl (C=O) groups excluding carboxylic acids is 1. The van der Waals surface area contributed by atoms with Gasteiger partial charge in [0.2, 0.25) is 0 Å². The number of nitrogens with one attached hydrogen (secondary N) is 1. The largest absolute Gasteiger partial charge is 0.493 e. The van der Waals surface area contributed by atoms with E-state index in [1.54, 1.807) is 11.0 Å². The Kier molecular flexibility index (Phi) is 4.77. The van der Waals surface area contributed by atoms with Gasteiger partial charge < -0.3 is 19.4 Å². The van der Waals surface area contributed by atoms with Crippen LogP contribution in [-0.4, -0.2) is 61.0 Å². The molecule has 1 fully saturated rings. The van der Waals surface area contributed by atoms with Crippen LogP contribution in [0.2, 0.25) is 0 Å². The minimum absolute atomic E-state index is 0.0348. The monoisotopic (exact) mass is 406 g/mol.